The first-order valence-electron chi connectivity index (χ1n) is 7.35. The minimum atomic E-state index is -0.172. The van der Waals surface area contributed by atoms with Crippen LogP contribution in [0.5, 0.6) is 0 Å². The summed E-state index contributed by atoms with van der Waals surface area (Å²) in [7, 11) is 1.60. The molecule has 19 heavy (non-hydrogen) atoms. The molecule has 110 valence electrons. The van der Waals surface area contributed by atoms with Gasteiger partial charge in [-0.3, -0.25) is 4.79 Å². The zero-order valence-electron chi connectivity index (χ0n) is 12.7. The second-order valence-electron chi connectivity index (χ2n) is 7.21. The van der Waals surface area contributed by atoms with E-state index in [0.717, 1.165) is 5.92 Å². The van der Waals surface area contributed by atoms with Crippen LogP contribution in [0, 0.1) is 16.7 Å². The standard InChI is InChI=1S/C15H28N2O2/c1-14(2)10-5-6-15(3,8-10)13(14)17-12(18)7-11(9-16)19-4/h10-11,13H,5-9,16H2,1-4H3,(H,17,18). The number of rotatable bonds is 5. The first-order chi connectivity index (χ1) is 8.83. The topological polar surface area (TPSA) is 64.3 Å². The second kappa shape index (κ2) is 5.06. The molecule has 2 aliphatic carbocycles. The lowest BCUT2D eigenvalue weighted by Crippen LogP contribution is -2.53. The maximum Gasteiger partial charge on any atom is 0.222 e. The highest BCUT2D eigenvalue weighted by Crippen LogP contribution is 2.62. The number of ether oxygens (including phenoxy) is 1. The second-order valence-corrected chi connectivity index (χ2v) is 7.21. The van der Waals surface area contributed by atoms with Crippen molar-refractivity contribution < 1.29 is 9.53 Å². The van der Waals surface area contributed by atoms with E-state index in [4.69, 9.17) is 10.5 Å². The lowest BCUT2D eigenvalue weighted by molar-refractivity contribution is -0.126. The molecule has 0 aromatic rings. The first-order valence-corrected chi connectivity index (χ1v) is 7.35. The van der Waals surface area contributed by atoms with Crippen molar-refractivity contribution >= 4 is 5.91 Å². The molecule has 0 heterocycles. The van der Waals surface area contributed by atoms with E-state index < -0.39 is 0 Å². The van der Waals surface area contributed by atoms with Gasteiger partial charge >= 0.3 is 0 Å². The lowest BCUT2D eigenvalue weighted by Gasteiger charge is -2.43. The van der Waals surface area contributed by atoms with Gasteiger partial charge in [0.05, 0.1) is 12.5 Å². The van der Waals surface area contributed by atoms with Gasteiger partial charge in [0.15, 0.2) is 0 Å². The normalized spacial score (nSPS) is 37.3. The molecule has 0 spiro atoms. The van der Waals surface area contributed by atoms with Crippen LogP contribution in [0.25, 0.3) is 0 Å². The van der Waals surface area contributed by atoms with E-state index in [-0.39, 0.29) is 28.9 Å². The zero-order chi connectivity index (χ0) is 14.3. The van der Waals surface area contributed by atoms with E-state index in [9.17, 15) is 4.79 Å². The lowest BCUT2D eigenvalue weighted by atomic mass is 9.68. The Morgan fingerprint density at radius 2 is 2.16 bits per heavy atom. The van der Waals surface area contributed by atoms with E-state index in [1.807, 2.05) is 0 Å². The average Bonchev–Trinajstić information content (AvgIpc) is 2.83. The summed E-state index contributed by atoms with van der Waals surface area (Å²) in [6, 6.07) is 0.279. The van der Waals surface area contributed by atoms with Crippen molar-refractivity contribution in [1.82, 2.24) is 5.32 Å². The molecule has 2 rings (SSSR count). The minimum Gasteiger partial charge on any atom is -0.380 e. The third-order valence-electron chi connectivity index (χ3n) is 5.58. The van der Waals surface area contributed by atoms with Crippen LogP contribution in [0.15, 0.2) is 0 Å². The molecule has 4 nitrogen and oxygen atoms in total. The van der Waals surface area contributed by atoms with Gasteiger partial charge in [0.1, 0.15) is 0 Å². The predicted octanol–water partition coefficient (Wildman–Crippen LogP) is 1.68. The number of hydrogen-bond acceptors (Lipinski definition) is 3. The molecule has 4 unspecified atom stereocenters. The molecule has 0 aliphatic heterocycles. The first kappa shape index (κ1) is 14.8. The Kier molecular flexibility index (Phi) is 3.94. The summed E-state index contributed by atoms with van der Waals surface area (Å²) >= 11 is 0. The SMILES string of the molecule is COC(CN)CC(=O)NC1C2(C)CCC(C2)C1(C)C. The van der Waals surface area contributed by atoms with Gasteiger partial charge in [-0.2, -0.15) is 0 Å². The molecular weight excluding hydrogens is 240 g/mol. The largest absolute Gasteiger partial charge is 0.380 e. The molecule has 4 atom stereocenters. The molecule has 0 aromatic heterocycles. The monoisotopic (exact) mass is 268 g/mol. The molecule has 0 aromatic carbocycles. The fraction of sp³-hybridized carbons (Fsp3) is 0.933. The number of carbonyl (C=O) groups excluding carboxylic acids is 1. The van der Waals surface area contributed by atoms with Crippen LogP contribution in [-0.4, -0.2) is 31.7 Å². The summed E-state index contributed by atoms with van der Waals surface area (Å²) in [5.74, 6) is 0.819. The number of fused-ring (bicyclic) bond motifs is 2. The Balaban J connectivity index is 2.00. The Bertz CT molecular complexity index is 347. The molecule has 2 fully saturated rings. The molecule has 0 saturated heterocycles. The van der Waals surface area contributed by atoms with Crippen LogP contribution in [0.3, 0.4) is 0 Å². The van der Waals surface area contributed by atoms with Crippen molar-refractivity contribution in [3.63, 3.8) is 0 Å². The van der Waals surface area contributed by atoms with Crippen molar-refractivity contribution in [2.45, 2.75) is 58.6 Å². The number of methoxy groups -OCH3 is 1. The minimum absolute atomic E-state index is 0.0733. The number of hydrogen-bond donors (Lipinski definition) is 2. The zero-order valence-corrected chi connectivity index (χ0v) is 12.7. The fourth-order valence-electron chi connectivity index (χ4n) is 4.35. The molecule has 2 aliphatic rings. The molecule has 3 N–H and O–H groups in total. The third-order valence-corrected chi connectivity index (χ3v) is 5.58. The molecule has 1 amide bonds. The van der Waals surface area contributed by atoms with E-state index in [0.29, 0.717) is 13.0 Å². The van der Waals surface area contributed by atoms with Gasteiger partial charge in [-0.05, 0) is 36.0 Å². The number of amides is 1. The predicted molar refractivity (Wildman–Crippen MR) is 75.6 cm³/mol. The van der Waals surface area contributed by atoms with Crippen LogP contribution < -0.4 is 11.1 Å². The van der Waals surface area contributed by atoms with Crippen LogP contribution in [0.1, 0.15) is 46.5 Å². The van der Waals surface area contributed by atoms with Gasteiger partial charge in [0.25, 0.3) is 0 Å². The van der Waals surface area contributed by atoms with Crippen LogP contribution in [-0.2, 0) is 9.53 Å². The van der Waals surface area contributed by atoms with E-state index in [2.05, 4.69) is 26.1 Å². The summed E-state index contributed by atoms with van der Waals surface area (Å²) in [4.78, 5) is 12.2. The molecule has 2 bridgehead atoms. The molecule has 0 radical (unpaired) electrons. The summed E-state index contributed by atoms with van der Waals surface area (Å²) < 4.78 is 5.19. The highest BCUT2D eigenvalue weighted by atomic mass is 16.5. The van der Waals surface area contributed by atoms with E-state index in [1.54, 1.807) is 7.11 Å². The van der Waals surface area contributed by atoms with Crippen molar-refractivity contribution in [2.24, 2.45) is 22.5 Å². The highest BCUT2D eigenvalue weighted by Gasteiger charge is 2.59. The third kappa shape index (κ3) is 2.52. The number of nitrogens with two attached hydrogens (primary N) is 1. The van der Waals surface area contributed by atoms with E-state index >= 15 is 0 Å². The van der Waals surface area contributed by atoms with Gasteiger partial charge in [0, 0.05) is 19.7 Å². The van der Waals surface area contributed by atoms with Gasteiger partial charge in [-0.25, -0.2) is 0 Å². The summed E-state index contributed by atoms with van der Waals surface area (Å²) in [5.41, 5.74) is 6.05. The summed E-state index contributed by atoms with van der Waals surface area (Å²) in [5, 5.41) is 3.27. The smallest absolute Gasteiger partial charge is 0.222 e. The maximum atomic E-state index is 12.2. The van der Waals surface area contributed by atoms with Gasteiger partial charge < -0.3 is 15.8 Å². The molecule has 2 saturated carbocycles. The fourth-order valence-corrected chi connectivity index (χ4v) is 4.35. The Morgan fingerprint density at radius 1 is 1.47 bits per heavy atom. The van der Waals surface area contributed by atoms with E-state index in [1.165, 1.54) is 19.3 Å². The average molecular weight is 268 g/mol. The Morgan fingerprint density at radius 3 is 2.63 bits per heavy atom. The summed E-state index contributed by atoms with van der Waals surface area (Å²) in [6.45, 7) is 7.30. The van der Waals surface area contributed by atoms with Crippen molar-refractivity contribution in [3.8, 4) is 0 Å². The highest BCUT2D eigenvalue weighted by molar-refractivity contribution is 5.77. The quantitative estimate of drug-likeness (QED) is 0.797. The number of carbonyl (C=O) groups is 1. The van der Waals surface area contributed by atoms with Gasteiger partial charge in [-0.1, -0.05) is 20.8 Å². The van der Waals surface area contributed by atoms with Crippen LogP contribution in [0.2, 0.25) is 0 Å². The van der Waals surface area contributed by atoms with Crippen molar-refractivity contribution in [1.29, 1.82) is 0 Å². The Hall–Kier alpha value is -0.610. The maximum absolute atomic E-state index is 12.2. The summed E-state index contributed by atoms with van der Waals surface area (Å²) in [6.07, 6.45) is 3.97. The van der Waals surface area contributed by atoms with Gasteiger partial charge in [-0.15, -0.1) is 0 Å². The number of nitrogens with one attached hydrogen (secondary N) is 1. The van der Waals surface area contributed by atoms with Crippen molar-refractivity contribution in [3.05, 3.63) is 0 Å². The molecular formula is C15H28N2O2. The van der Waals surface area contributed by atoms with Crippen LogP contribution in [0.4, 0.5) is 0 Å². The Labute approximate surface area is 116 Å². The van der Waals surface area contributed by atoms with Gasteiger partial charge in [0.2, 0.25) is 5.91 Å². The molecule has 4 heteroatoms. The van der Waals surface area contributed by atoms with Crippen molar-refractivity contribution in [2.75, 3.05) is 13.7 Å². The van der Waals surface area contributed by atoms with Crippen LogP contribution >= 0.6 is 0 Å².